The van der Waals surface area contributed by atoms with E-state index in [2.05, 4.69) is 102 Å². The molecule has 0 saturated heterocycles. The first-order valence-electron chi connectivity index (χ1n) is 20.3. The number of rotatable bonds is 8. The topological polar surface area (TPSA) is 105 Å². The third-order valence-corrected chi connectivity index (χ3v) is 13.6. The van der Waals surface area contributed by atoms with Crippen molar-refractivity contribution in [3.8, 4) is 0 Å². The molecule has 0 bridgehead atoms. The van der Waals surface area contributed by atoms with Crippen molar-refractivity contribution in [2.24, 2.45) is 0 Å². The number of nitrogens with zero attached hydrogens (tertiary/aromatic N) is 2. The molecule has 296 valence electrons. The zero-order valence-electron chi connectivity index (χ0n) is 35.2. The summed E-state index contributed by atoms with van der Waals surface area (Å²) in [6.45, 7) is 26.1. The van der Waals surface area contributed by atoms with E-state index < -0.39 is 24.0 Å². The molecule has 2 aliphatic heterocycles. The van der Waals surface area contributed by atoms with Gasteiger partial charge in [-0.3, -0.25) is 9.59 Å². The Hall–Kier alpha value is -4.66. The number of anilines is 4. The van der Waals surface area contributed by atoms with Crippen LogP contribution in [0.3, 0.4) is 0 Å². The molecule has 1 saturated carbocycles. The van der Waals surface area contributed by atoms with Gasteiger partial charge in [0, 0.05) is 80.7 Å². The molecule has 4 aromatic rings. The molecule has 2 amide bonds. The van der Waals surface area contributed by atoms with Gasteiger partial charge in [0.2, 0.25) is 0 Å². The molecule has 4 N–H and O–H groups in total. The Labute approximate surface area is 333 Å². The Morgan fingerprint density at radius 1 is 0.589 bits per heavy atom. The molecule has 7 rings (SSSR count). The van der Waals surface area contributed by atoms with E-state index in [0.717, 1.165) is 33.6 Å². The van der Waals surface area contributed by atoms with Gasteiger partial charge in [0.15, 0.2) is 0 Å². The van der Waals surface area contributed by atoms with Crippen LogP contribution in [-0.4, -0.2) is 58.4 Å². The van der Waals surface area contributed by atoms with Crippen molar-refractivity contribution < 1.29 is 19.8 Å². The fourth-order valence-corrected chi connectivity index (χ4v) is 9.69. The van der Waals surface area contributed by atoms with Crippen molar-refractivity contribution in [1.29, 1.82) is 0 Å². The van der Waals surface area contributed by atoms with Crippen molar-refractivity contribution in [3.63, 3.8) is 0 Å². The summed E-state index contributed by atoms with van der Waals surface area (Å²) in [4.78, 5) is 32.4. The van der Waals surface area contributed by atoms with E-state index in [9.17, 15) is 19.8 Å². The second-order valence-electron chi connectivity index (χ2n) is 18.4. The van der Waals surface area contributed by atoms with E-state index in [-0.39, 0.29) is 46.8 Å². The first-order chi connectivity index (χ1) is 26.2. The molecule has 8 heteroatoms. The van der Waals surface area contributed by atoms with Gasteiger partial charge in [0.25, 0.3) is 11.8 Å². The van der Waals surface area contributed by atoms with Crippen LogP contribution in [0.15, 0.2) is 72.8 Å². The molecule has 2 atom stereocenters. The Bertz CT molecular complexity index is 2010. The van der Waals surface area contributed by atoms with E-state index in [1.54, 1.807) is 0 Å². The average molecular weight is 757 g/mol. The molecule has 4 aromatic carbocycles. The zero-order valence-corrected chi connectivity index (χ0v) is 35.2. The Morgan fingerprint density at radius 3 is 1.21 bits per heavy atom. The molecule has 1 aliphatic carbocycles. The minimum Gasteiger partial charge on any atom is -0.392 e. The largest absolute Gasteiger partial charge is 0.392 e. The minimum atomic E-state index is -1.00. The van der Waals surface area contributed by atoms with Crippen molar-refractivity contribution in [1.82, 2.24) is 0 Å². The van der Waals surface area contributed by atoms with Gasteiger partial charge < -0.3 is 30.6 Å². The molecular formula is C48H60N4O4. The molecule has 2 unspecified atom stereocenters. The summed E-state index contributed by atoms with van der Waals surface area (Å²) in [6, 6.07) is 24.0. The maximum Gasteiger partial charge on any atom is 0.255 e. The molecule has 56 heavy (non-hydrogen) atoms. The third kappa shape index (κ3) is 6.29. The number of carbonyl (C=O) groups excluding carboxylic acids is 2. The van der Waals surface area contributed by atoms with Gasteiger partial charge in [-0.25, -0.2) is 0 Å². The van der Waals surface area contributed by atoms with Crippen molar-refractivity contribution in [2.75, 3.05) is 20.4 Å². The van der Waals surface area contributed by atoms with Crippen LogP contribution in [0.25, 0.3) is 0 Å². The number of amides is 2. The monoisotopic (exact) mass is 756 g/mol. The van der Waals surface area contributed by atoms with Gasteiger partial charge in [0.1, 0.15) is 0 Å². The number of hydrogen-bond acceptors (Lipinski definition) is 6. The zero-order chi connectivity index (χ0) is 40.8. The number of hydrogen-bond donors (Lipinski definition) is 4. The first kappa shape index (κ1) is 39.6. The molecule has 1 fully saturated rings. The van der Waals surface area contributed by atoms with Crippen molar-refractivity contribution in [2.45, 2.75) is 142 Å². The summed E-state index contributed by atoms with van der Waals surface area (Å²) in [6.07, 6.45) is -2.00. The minimum absolute atomic E-state index is 0.180. The lowest BCUT2D eigenvalue weighted by Crippen LogP contribution is -2.52. The van der Waals surface area contributed by atoms with E-state index >= 15 is 0 Å². The summed E-state index contributed by atoms with van der Waals surface area (Å²) < 4.78 is 0. The van der Waals surface area contributed by atoms with Crippen LogP contribution >= 0.6 is 0 Å². The highest BCUT2D eigenvalue weighted by Crippen LogP contribution is 2.57. The van der Waals surface area contributed by atoms with Gasteiger partial charge in [-0.2, -0.15) is 0 Å². The van der Waals surface area contributed by atoms with Crippen LogP contribution in [0.4, 0.5) is 22.7 Å². The fourth-order valence-electron chi connectivity index (χ4n) is 9.69. The highest BCUT2D eigenvalue weighted by atomic mass is 16.3. The number of aliphatic hydroxyl groups is 2. The lowest BCUT2D eigenvalue weighted by molar-refractivity contribution is -0.0781. The molecule has 2 heterocycles. The summed E-state index contributed by atoms with van der Waals surface area (Å²) in [7, 11) is 0. The van der Waals surface area contributed by atoms with Gasteiger partial charge in [-0.1, -0.05) is 75.2 Å². The molecule has 8 nitrogen and oxygen atoms in total. The molecule has 3 aliphatic rings. The quantitative estimate of drug-likeness (QED) is 0.143. The van der Waals surface area contributed by atoms with Crippen molar-refractivity contribution >= 4 is 34.6 Å². The van der Waals surface area contributed by atoms with E-state index in [0.29, 0.717) is 33.6 Å². The van der Waals surface area contributed by atoms with E-state index in [4.69, 9.17) is 0 Å². The number of nitrogens with one attached hydrogen (secondary N) is 2. The molecule has 0 spiro atoms. The van der Waals surface area contributed by atoms with E-state index in [1.807, 2.05) is 74.5 Å². The molecular weight excluding hydrogens is 697 g/mol. The van der Waals surface area contributed by atoms with Crippen LogP contribution in [0.5, 0.6) is 0 Å². The average Bonchev–Trinajstić information content (AvgIpc) is 3.45. The molecule has 0 aromatic heterocycles. The number of aliphatic hydroxyl groups excluding tert-OH is 2. The second-order valence-corrected chi connectivity index (χ2v) is 18.4. The maximum atomic E-state index is 13.8. The lowest BCUT2D eigenvalue weighted by Gasteiger charge is -2.48. The Kier molecular flexibility index (Phi) is 9.94. The number of carbonyl (C=O) groups is 2. The Morgan fingerprint density at radius 2 is 0.911 bits per heavy atom. The smallest absolute Gasteiger partial charge is 0.255 e. The van der Waals surface area contributed by atoms with Gasteiger partial charge in [-0.15, -0.1) is 0 Å². The fraction of sp³-hybridized carbons (Fsp3) is 0.458. The van der Waals surface area contributed by atoms with Gasteiger partial charge >= 0.3 is 0 Å². The van der Waals surface area contributed by atoms with Crippen LogP contribution in [0.2, 0.25) is 0 Å². The van der Waals surface area contributed by atoms with E-state index in [1.165, 1.54) is 0 Å². The normalized spacial score (nSPS) is 24.6. The van der Waals surface area contributed by atoms with Crippen LogP contribution in [0, 0.1) is 13.8 Å². The lowest BCUT2D eigenvalue weighted by atomic mass is 9.61. The number of fused-ring (bicyclic) bond motifs is 2. The SMILES string of the molecule is Cc1ccc(C(=O)Nc2cc3c(cc2C2C(O)C(c4cc5c(cc4NC(=O)c4ccc(C)cc4)N(C(C)C)C(C)C5(C)C)C2O)C(C)(C)C(C)N3C(C)C)cc1. The number of benzene rings is 4. The summed E-state index contributed by atoms with van der Waals surface area (Å²) in [5, 5.41) is 31.2. The summed E-state index contributed by atoms with van der Waals surface area (Å²) in [5.41, 5.74) is 9.63. The standard InChI is InChI=1S/C48H60N4O4/c1-25(2)51-29(7)47(9,10)35-21-33(37(23-39(35)51)49-45(55)31-17-13-27(5)14-18-31)41-43(53)42(44(41)54)34-22-36-40(52(26(3)4)30(8)48(36,11)12)24-38(34)50-46(56)32-19-15-28(6)16-20-32/h13-26,29-30,41-44,53-54H,1-12H3,(H,49,55)(H,50,56). The number of aryl methyl sites for hydroxylation is 2. The van der Waals surface area contributed by atoms with Crippen LogP contribution in [0.1, 0.15) is 135 Å². The molecule has 0 radical (unpaired) electrons. The second kappa shape index (κ2) is 14.1. The van der Waals surface area contributed by atoms with Crippen LogP contribution in [-0.2, 0) is 10.8 Å². The Balaban J connectivity index is 1.33. The van der Waals surface area contributed by atoms with Crippen molar-refractivity contribution in [3.05, 3.63) is 117 Å². The van der Waals surface area contributed by atoms with Crippen LogP contribution < -0.4 is 20.4 Å². The highest BCUT2D eigenvalue weighted by Gasteiger charge is 2.54. The predicted molar refractivity (Wildman–Crippen MR) is 229 cm³/mol. The summed E-state index contributed by atoms with van der Waals surface area (Å²) >= 11 is 0. The summed E-state index contributed by atoms with van der Waals surface area (Å²) in [5.74, 6) is -1.88. The third-order valence-electron chi connectivity index (χ3n) is 13.6. The predicted octanol–water partition coefficient (Wildman–Crippen LogP) is 9.20. The van der Waals surface area contributed by atoms with Gasteiger partial charge in [-0.05, 0) is 114 Å². The van der Waals surface area contributed by atoms with Gasteiger partial charge in [0.05, 0.1) is 12.2 Å². The first-order valence-corrected chi connectivity index (χ1v) is 20.3. The highest BCUT2D eigenvalue weighted by molar-refractivity contribution is 6.06. The maximum absolute atomic E-state index is 13.8.